The smallest absolute Gasteiger partial charge is 0.0412 e. The molecule has 0 radical (unpaired) electrons. The maximum Gasteiger partial charge on any atom is -0.0412 e. The average molecular weight is 255 g/mol. The Labute approximate surface area is 117 Å². The first-order chi connectivity index (χ1) is 8.78. The number of rotatable bonds is 13. The van der Waals surface area contributed by atoms with Crippen LogP contribution in [0.15, 0.2) is 0 Å². The lowest BCUT2D eigenvalue weighted by Crippen LogP contribution is -2.10. The van der Waals surface area contributed by atoms with Gasteiger partial charge in [0.25, 0.3) is 0 Å². The summed E-state index contributed by atoms with van der Waals surface area (Å²) < 4.78 is 0. The van der Waals surface area contributed by atoms with E-state index in [4.69, 9.17) is 0 Å². The summed E-state index contributed by atoms with van der Waals surface area (Å²) in [6.45, 7) is 9.34. The molecule has 1 unspecified atom stereocenters. The van der Waals surface area contributed by atoms with Crippen LogP contribution in [0.1, 0.15) is 105 Å². The molecule has 0 saturated carbocycles. The van der Waals surface area contributed by atoms with Gasteiger partial charge in [-0.2, -0.15) is 0 Å². The van der Waals surface area contributed by atoms with Gasteiger partial charge in [-0.15, -0.1) is 0 Å². The van der Waals surface area contributed by atoms with Gasteiger partial charge in [0.1, 0.15) is 0 Å². The van der Waals surface area contributed by atoms with Gasteiger partial charge in [0, 0.05) is 0 Å². The molecule has 0 aliphatic heterocycles. The van der Waals surface area contributed by atoms with E-state index in [0.29, 0.717) is 0 Å². The van der Waals surface area contributed by atoms with Crippen molar-refractivity contribution in [3.8, 4) is 0 Å². The second kappa shape index (κ2) is 13.4. The highest BCUT2D eigenvalue weighted by molar-refractivity contribution is 4.67. The van der Waals surface area contributed by atoms with E-state index in [-0.39, 0.29) is 0 Å². The van der Waals surface area contributed by atoms with E-state index < -0.39 is 0 Å². The summed E-state index contributed by atoms with van der Waals surface area (Å²) in [6.07, 6.45) is 17.3. The number of unbranched alkanes of at least 4 members (excludes halogenated alkanes) is 3. The normalized spacial score (nSPS) is 13.2. The summed E-state index contributed by atoms with van der Waals surface area (Å²) in [7, 11) is 0. The Hall–Kier alpha value is 0. The summed E-state index contributed by atoms with van der Waals surface area (Å²) in [4.78, 5) is 0. The zero-order chi connectivity index (χ0) is 13.6. The van der Waals surface area contributed by atoms with Crippen LogP contribution in [0.4, 0.5) is 0 Å². The maximum absolute atomic E-state index is 2.35. The van der Waals surface area contributed by atoms with Crippen LogP contribution in [0.25, 0.3) is 0 Å². The molecule has 0 saturated heterocycles. The lowest BCUT2D eigenvalue weighted by molar-refractivity contribution is 0.292. The molecule has 0 aromatic carbocycles. The number of hydrogen-bond donors (Lipinski definition) is 0. The largest absolute Gasteiger partial charge is 0.0654 e. The zero-order valence-electron chi connectivity index (χ0n) is 13.6. The summed E-state index contributed by atoms with van der Waals surface area (Å²) in [5.41, 5.74) is 0. The first-order valence-electron chi connectivity index (χ1n) is 8.78. The monoisotopic (exact) mass is 254 g/mol. The van der Waals surface area contributed by atoms with Crippen molar-refractivity contribution in [3.63, 3.8) is 0 Å². The molecule has 110 valence electrons. The predicted molar refractivity (Wildman–Crippen MR) is 85.1 cm³/mol. The minimum absolute atomic E-state index is 1.02. The van der Waals surface area contributed by atoms with Crippen molar-refractivity contribution in [3.05, 3.63) is 0 Å². The van der Waals surface area contributed by atoms with Crippen LogP contribution in [0.3, 0.4) is 0 Å². The fourth-order valence-electron chi connectivity index (χ4n) is 3.12. The number of hydrogen-bond acceptors (Lipinski definition) is 0. The Bertz CT molecular complexity index is 142. The summed E-state index contributed by atoms with van der Waals surface area (Å²) in [5.74, 6) is 2.05. The molecular formula is C18H38. The van der Waals surface area contributed by atoms with Crippen molar-refractivity contribution in [2.45, 2.75) is 105 Å². The Morgan fingerprint density at radius 1 is 0.500 bits per heavy atom. The third-order valence-electron chi connectivity index (χ3n) is 4.26. The summed E-state index contributed by atoms with van der Waals surface area (Å²) >= 11 is 0. The fraction of sp³-hybridized carbons (Fsp3) is 1.00. The fourth-order valence-corrected chi connectivity index (χ4v) is 3.12. The summed E-state index contributed by atoms with van der Waals surface area (Å²) in [6, 6.07) is 0. The van der Waals surface area contributed by atoms with Gasteiger partial charge in [-0.1, -0.05) is 98.3 Å². The van der Waals surface area contributed by atoms with Crippen molar-refractivity contribution in [2.75, 3.05) is 0 Å². The third kappa shape index (κ3) is 9.97. The van der Waals surface area contributed by atoms with Gasteiger partial charge in [-0.05, 0) is 18.3 Å². The lowest BCUT2D eigenvalue weighted by Gasteiger charge is -2.23. The van der Waals surface area contributed by atoms with Crippen LogP contribution in [0, 0.1) is 11.8 Å². The van der Waals surface area contributed by atoms with E-state index in [9.17, 15) is 0 Å². The van der Waals surface area contributed by atoms with Gasteiger partial charge in [-0.25, -0.2) is 0 Å². The molecule has 0 nitrogen and oxygen atoms in total. The quantitative estimate of drug-likeness (QED) is 0.332. The summed E-state index contributed by atoms with van der Waals surface area (Å²) in [5, 5.41) is 0. The molecule has 0 heterocycles. The van der Waals surface area contributed by atoms with Crippen molar-refractivity contribution in [1.82, 2.24) is 0 Å². The molecule has 0 fully saturated rings. The minimum Gasteiger partial charge on any atom is -0.0654 e. The van der Waals surface area contributed by atoms with Crippen molar-refractivity contribution < 1.29 is 0 Å². The van der Waals surface area contributed by atoms with Gasteiger partial charge >= 0.3 is 0 Å². The van der Waals surface area contributed by atoms with Crippen LogP contribution >= 0.6 is 0 Å². The molecule has 0 heteroatoms. The molecular weight excluding hydrogens is 216 g/mol. The van der Waals surface area contributed by atoms with Crippen LogP contribution in [-0.2, 0) is 0 Å². The Morgan fingerprint density at radius 3 is 1.22 bits per heavy atom. The van der Waals surface area contributed by atoms with E-state index in [2.05, 4.69) is 27.7 Å². The van der Waals surface area contributed by atoms with E-state index in [0.717, 1.165) is 11.8 Å². The molecule has 0 aromatic rings. The van der Waals surface area contributed by atoms with Crippen molar-refractivity contribution in [2.24, 2.45) is 11.8 Å². The van der Waals surface area contributed by atoms with Crippen LogP contribution in [0.2, 0.25) is 0 Å². The van der Waals surface area contributed by atoms with Crippen LogP contribution < -0.4 is 0 Å². The van der Waals surface area contributed by atoms with Gasteiger partial charge in [0.2, 0.25) is 0 Å². The highest BCUT2D eigenvalue weighted by Crippen LogP contribution is 2.29. The van der Waals surface area contributed by atoms with Crippen molar-refractivity contribution >= 4 is 0 Å². The molecule has 0 N–H and O–H groups in total. The molecule has 0 spiro atoms. The van der Waals surface area contributed by atoms with E-state index >= 15 is 0 Å². The standard InChI is InChI=1S/C18H38/c1-5-9-13-17(12-8-4)16-18(14-10-6-2)15-11-7-3/h17-18H,5-16H2,1-4H3. The Balaban J connectivity index is 4.09. The van der Waals surface area contributed by atoms with Crippen LogP contribution in [0.5, 0.6) is 0 Å². The average Bonchev–Trinajstić information content (AvgIpc) is 2.39. The third-order valence-corrected chi connectivity index (χ3v) is 4.26. The highest BCUT2D eigenvalue weighted by Gasteiger charge is 2.15. The predicted octanol–water partition coefficient (Wildman–Crippen LogP) is 6.98. The lowest BCUT2D eigenvalue weighted by atomic mass is 9.83. The van der Waals surface area contributed by atoms with Gasteiger partial charge in [0.05, 0.1) is 0 Å². The topological polar surface area (TPSA) is 0 Å². The Morgan fingerprint density at radius 2 is 0.889 bits per heavy atom. The first-order valence-corrected chi connectivity index (χ1v) is 8.78. The van der Waals surface area contributed by atoms with Crippen molar-refractivity contribution in [1.29, 1.82) is 0 Å². The van der Waals surface area contributed by atoms with E-state index in [1.165, 1.54) is 77.0 Å². The van der Waals surface area contributed by atoms with Gasteiger partial charge < -0.3 is 0 Å². The van der Waals surface area contributed by atoms with Gasteiger partial charge in [0.15, 0.2) is 0 Å². The molecule has 0 rings (SSSR count). The molecule has 0 amide bonds. The maximum atomic E-state index is 2.35. The molecule has 18 heavy (non-hydrogen) atoms. The molecule has 0 aromatic heterocycles. The minimum atomic E-state index is 1.02. The molecule has 0 aliphatic carbocycles. The SMILES string of the molecule is CCCCC(CCC)CC(CCCC)CCCC. The first kappa shape index (κ1) is 18.0. The van der Waals surface area contributed by atoms with Gasteiger partial charge in [-0.3, -0.25) is 0 Å². The zero-order valence-corrected chi connectivity index (χ0v) is 13.6. The van der Waals surface area contributed by atoms with Crippen LogP contribution in [-0.4, -0.2) is 0 Å². The highest BCUT2D eigenvalue weighted by atomic mass is 14.2. The molecule has 0 aliphatic rings. The molecule has 0 bridgehead atoms. The second-order valence-corrected chi connectivity index (χ2v) is 6.18. The van der Waals surface area contributed by atoms with E-state index in [1.807, 2.05) is 0 Å². The molecule has 1 atom stereocenters. The second-order valence-electron chi connectivity index (χ2n) is 6.18. The van der Waals surface area contributed by atoms with E-state index in [1.54, 1.807) is 0 Å². The Kier molecular flexibility index (Phi) is 13.4.